The molecule has 6 rings (SSSR count). The molecule has 1 saturated carbocycles. The highest BCUT2D eigenvalue weighted by Crippen LogP contribution is 2.44. The zero-order valence-corrected chi connectivity index (χ0v) is 24.4. The minimum Gasteiger partial charge on any atom is -0.378 e. The molecule has 3 heterocycles. The third-order valence-electron chi connectivity index (χ3n) is 7.42. The number of aromatic nitrogens is 3. The largest absolute Gasteiger partial charge is 0.416 e. The Kier molecular flexibility index (Phi) is 7.26. The molecule has 2 aliphatic rings. The summed E-state index contributed by atoms with van der Waals surface area (Å²) >= 11 is 1.24. The Morgan fingerprint density at radius 2 is 1.88 bits per heavy atom. The van der Waals surface area contributed by atoms with Gasteiger partial charge in [-0.2, -0.15) is 13.2 Å². The number of amides is 1. The molecule has 14 heteroatoms. The van der Waals surface area contributed by atoms with E-state index < -0.39 is 38.5 Å². The molecule has 0 spiro atoms. The van der Waals surface area contributed by atoms with Gasteiger partial charge in [-0.25, -0.2) is 28.1 Å². The fourth-order valence-corrected chi connectivity index (χ4v) is 7.44. The lowest BCUT2D eigenvalue weighted by molar-refractivity contribution is -0.137. The van der Waals surface area contributed by atoms with E-state index in [1.54, 1.807) is 24.4 Å². The van der Waals surface area contributed by atoms with Crippen molar-refractivity contribution in [3.8, 4) is 10.6 Å². The molecular weight excluding hydrogens is 603 g/mol. The van der Waals surface area contributed by atoms with E-state index in [9.17, 15) is 31.5 Å². The first-order valence-corrected chi connectivity index (χ1v) is 15.9. The van der Waals surface area contributed by atoms with Crippen LogP contribution in [0.2, 0.25) is 0 Å². The molecule has 1 amide bonds. The Hall–Kier alpha value is -3.88. The summed E-state index contributed by atoms with van der Waals surface area (Å²) in [6.07, 6.45) is 0.846. The molecule has 1 unspecified atom stereocenters. The van der Waals surface area contributed by atoms with Crippen LogP contribution >= 0.6 is 11.3 Å². The van der Waals surface area contributed by atoms with E-state index in [1.165, 1.54) is 17.4 Å². The Bertz CT molecular complexity index is 1840. The van der Waals surface area contributed by atoms with Gasteiger partial charge >= 0.3 is 6.18 Å². The van der Waals surface area contributed by atoms with E-state index in [0.29, 0.717) is 59.1 Å². The van der Waals surface area contributed by atoms with Crippen molar-refractivity contribution in [2.75, 3.05) is 5.32 Å². The zero-order chi connectivity index (χ0) is 30.6. The second-order valence-corrected chi connectivity index (χ2v) is 13.7. The number of anilines is 2. The van der Waals surface area contributed by atoms with E-state index in [-0.39, 0.29) is 11.4 Å². The number of carbonyl (C=O) groups excluding carboxylic acids is 1. The molecular formula is C29H26F3N5O4S2. The number of hydrogen-bond donors (Lipinski definition) is 3. The maximum atomic E-state index is 13.1. The average Bonchev–Trinajstić information content (AvgIpc) is 3.69. The highest BCUT2D eigenvalue weighted by atomic mass is 32.2. The molecule has 0 radical (unpaired) electrons. The number of pyridine rings is 2. The summed E-state index contributed by atoms with van der Waals surface area (Å²) in [5, 5.41) is 14.6. The van der Waals surface area contributed by atoms with E-state index in [1.807, 2.05) is 13.0 Å². The number of rotatable bonds is 7. The quantitative estimate of drug-likeness (QED) is 0.245. The fourth-order valence-electron chi connectivity index (χ4n) is 5.13. The topological polar surface area (TPSA) is 134 Å². The molecule has 2 aliphatic carbocycles. The minimum atomic E-state index is -4.51. The Balaban J connectivity index is 1.26. The molecule has 224 valence electrons. The number of hydrogen-bond acceptors (Lipinski definition) is 9. The van der Waals surface area contributed by atoms with Crippen molar-refractivity contribution in [3.05, 3.63) is 87.7 Å². The number of sulfonamides is 1. The highest BCUT2D eigenvalue weighted by molar-refractivity contribution is 7.91. The molecule has 43 heavy (non-hydrogen) atoms. The highest BCUT2D eigenvalue weighted by Gasteiger charge is 2.40. The van der Waals surface area contributed by atoms with Crippen molar-refractivity contribution < 1.29 is 31.5 Å². The van der Waals surface area contributed by atoms with Crippen LogP contribution < -0.4 is 10.0 Å². The van der Waals surface area contributed by atoms with Crippen LogP contribution in [0.5, 0.6) is 0 Å². The second kappa shape index (κ2) is 10.7. The van der Waals surface area contributed by atoms with Gasteiger partial charge in [0.2, 0.25) is 10.0 Å². The Labute approximate surface area is 249 Å². The second-order valence-electron chi connectivity index (χ2n) is 10.8. The number of nitrogens with zero attached hydrogens (tertiary/aromatic N) is 3. The van der Waals surface area contributed by atoms with Crippen LogP contribution in [0.1, 0.15) is 63.3 Å². The summed E-state index contributed by atoms with van der Waals surface area (Å²) in [5.74, 6) is -0.404. The van der Waals surface area contributed by atoms with E-state index in [2.05, 4.69) is 25.0 Å². The van der Waals surface area contributed by atoms with E-state index >= 15 is 0 Å². The SMILES string of the molecule is Cc1cc(Nc2cc(C(F)(F)F)ccn2)nc(-c2cnc(C3(O)CCCc4cc(C(=O)NS(=O)(=O)C5CC5)ccc43)s2)c1. The van der Waals surface area contributed by atoms with Gasteiger partial charge in [0.15, 0.2) is 0 Å². The molecule has 3 aromatic heterocycles. The lowest BCUT2D eigenvalue weighted by atomic mass is 9.79. The number of aryl methyl sites for hydroxylation is 2. The molecule has 0 bridgehead atoms. The van der Waals surface area contributed by atoms with Crippen molar-refractivity contribution in [1.82, 2.24) is 19.7 Å². The Morgan fingerprint density at radius 3 is 2.63 bits per heavy atom. The molecule has 3 N–H and O–H groups in total. The maximum absolute atomic E-state index is 13.1. The summed E-state index contributed by atoms with van der Waals surface area (Å²) in [6, 6.07) is 10.1. The van der Waals surface area contributed by atoms with Crippen molar-refractivity contribution in [1.29, 1.82) is 0 Å². The maximum Gasteiger partial charge on any atom is 0.416 e. The molecule has 4 aromatic rings. The van der Waals surface area contributed by atoms with Gasteiger partial charge in [0.05, 0.1) is 21.4 Å². The van der Waals surface area contributed by atoms with E-state index in [4.69, 9.17) is 0 Å². The predicted octanol–water partition coefficient (Wildman–Crippen LogP) is 5.47. The summed E-state index contributed by atoms with van der Waals surface area (Å²) in [6.45, 7) is 1.83. The van der Waals surface area contributed by atoms with Crippen LogP contribution in [-0.4, -0.2) is 39.6 Å². The number of aliphatic hydroxyl groups is 1. The Morgan fingerprint density at radius 1 is 1.09 bits per heavy atom. The third kappa shape index (κ3) is 5.99. The van der Waals surface area contributed by atoms with Gasteiger partial charge in [0, 0.05) is 18.0 Å². The van der Waals surface area contributed by atoms with Gasteiger partial charge in [0.1, 0.15) is 22.2 Å². The smallest absolute Gasteiger partial charge is 0.378 e. The number of benzene rings is 1. The summed E-state index contributed by atoms with van der Waals surface area (Å²) in [4.78, 5) is 26.4. The number of alkyl halides is 3. The molecule has 0 saturated heterocycles. The van der Waals surface area contributed by atoms with Gasteiger partial charge in [-0.3, -0.25) is 4.79 Å². The number of carbonyl (C=O) groups is 1. The van der Waals surface area contributed by atoms with Crippen molar-refractivity contribution in [3.63, 3.8) is 0 Å². The van der Waals surface area contributed by atoms with Crippen molar-refractivity contribution in [2.45, 2.75) is 56.1 Å². The summed E-state index contributed by atoms with van der Waals surface area (Å²) < 4.78 is 66.0. The molecule has 1 aromatic carbocycles. The monoisotopic (exact) mass is 629 g/mol. The first-order valence-electron chi connectivity index (χ1n) is 13.5. The number of thiazole rings is 1. The lowest BCUT2D eigenvalue weighted by Gasteiger charge is -2.33. The predicted molar refractivity (Wildman–Crippen MR) is 154 cm³/mol. The minimum absolute atomic E-state index is 0.00446. The van der Waals surface area contributed by atoms with Crippen LogP contribution in [0.3, 0.4) is 0 Å². The van der Waals surface area contributed by atoms with Crippen LogP contribution in [0.4, 0.5) is 24.8 Å². The zero-order valence-electron chi connectivity index (χ0n) is 22.8. The average molecular weight is 630 g/mol. The van der Waals surface area contributed by atoms with Gasteiger partial charge in [-0.15, -0.1) is 11.3 Å². The number of halogens is 3. The number of nitrogens with one attached hydrogen (secondary N) is 2. The summed E-state index contributed by atoms with van der Waals surface area (Å²) in [7, 11) is -3.69. The third-order valence-corrected chi connectivity index (χ3v) is 10.4. The number of fused-ring (bicyclic) bond motifs is 1. The normalized spacial score (nSPS) is 18.6. The first-order chi connectivity index (χ1) is 20.3. The molecule has 1 fully saturated rings. The molecule has 0 aliphatic heterocycles. The van der Waals surface area contributed by atoms with Crippen molar-refractivity contribution in [2.24, 2.45) is 0 Å². The van der Waals surface area contributed by atoms with Gasteiger partial charge in [0.25, 0.3) is 5.91 Å². The van der Waals surface area contributed by atoms with Gasteiger partial charge in [-0.05, 0) is 92.1 Å². The first kappa shape index (κ1) is 29.2. The summed E-state index contributed by atoms with van der Waals surface area (Å²) in [5.41, 5.74) is 0.575. The van der Waals surface area contributed by atoms with Gasteiger partial charge in [-0.1, -0.05) is 6.07 Å². The lowest BCUT2D eigenvalue weighted by Crippen LogP contribution is -2.34. The van der Waals surface area contributed by atoms with Crippen LogP contribution in [0, 0.1) is 6.92 Å². The molecule has 1 atom stereocenters. The fraction of sp³-hybridized carbons (Fsp3) is 0.310. The van der Waals surface area contributed by atoms with Gasteiger partial charge < -0.3 is 10.4 Å². The van der Waals surface area contributed by atoms with Crippen LogP contribution in [0.25, 0.3) is 10.6 Å². The van der Waals surface area contributed by atoms with Crippen LogP contribution in [0.15, 0.2) is 54.9 Å². The standard InChI is InChI=1S/C29H26F3N5O4S2/c1-16-11-22(35-25(12-16)36-24-14-19(8-10-33-24)29(30,31)32)23-15-34-27(42-23)28(39)9-2-3-17-13-18(4-7-21(17)28)26(38)37-43(40,41)20-5-6-20/h4,7-8,10-15,20,39H,2-3,5-6,9H2,1H3,(H,37,38)(H,33,35,36). The van der Waals surface area contributed by atoms with Crippen molar-refractivity contribution >= 4 is 38.9 Å². The molecule has 9 nitrogen and oxygen atoms in total. The van der Waals surface area contributed by atoms with E-state index in [0.717, 1.165) is 29.5 Å². The van der Waals surface area contributed by atoms with Crippen LogP contribution in [-0.2, 0) is 28.2 Å².